The van der Waals surface area contributed by atoms with Crippen molar-refractivity contribution in [1.29, 1.82) is 0 Å². The Morgan fingerprint density at radius 1 is 1.15 bits per heavy atom. The van der Waals surface area contributed by atoms with Gasteiger partial charge in [-0.2, -0.15) is 0 Å². The second kappa shape index (κ2) is 8.29. The molecule has 0 aliphatic rings. The smallest absolute Gasteiger partial charge is 0.316 e. The topological polar surface area (TPSA) is 91.0 Å². The lowest BCUT2D eigenvalue weighted by Gasteiger charge is -2.03. The maximum atomic E-state index is 11.9. The number of esters is 1. The molecule has 0 saturated carbocycles. The minimum atomic E-state index is -0.413. The van der Waals surface area contributed by atoms with Crippen LogP contribution in [0.2, 0.25) is 5.02 Å². The van der Waals surface area contributed by atoms with Gasteiger partial charge in [0.05, 0.1) is 5.75 Å². The first-order chi connectivity index (χ1) is 12.5. The predicted molar refractivity (Wildman–Crippen MR) is 96.8 cm³/mol. The lowest BCUT2D eigenvalue weighted by molar-refractivity contribution is -0.142. The fourth-order valence-corrected chi connectivity index (χ4v) is 2.96. The summed E-state index contributed by atoms with van der Waals surface area (Å²) in [5.41, 5.74) is 2.45. The fourth-order valence-electron chi connectivity index (χ4n) is 2.09. The molecule has 0 unspecified atom stereocenters. The van der Waals surface area contributed by atoms with E-state index in [1.54, 1.807) is 24.3 Å². The van der Waals surface area contributed by atoms with E-state index in [0.717, 1.165) is 17.0 Å². The monoisotopic (exact) mass is 390 g/mol. The van der Waals surface area contributed by atoms with Crippen LogP contribution in [0.5, 0.6) is 0 Å². The summed E-state index contributed by atoms with van der Waals surface area (Å²) in [5.74, 6) is 0.242. The van der Waals surface area contributed by atoms with Crippen LogP contribution in [0.25, 0.3) is 11.5 Å². The van der Waals surface area contributed by atoms with Crippen molar-refractivity contribution >= 4 is 29.3 Å². The van der Waals surface area contributed by atoms with E-state index in [2.05, 4.69) is 20.2 Å². The minimum absolute atomic E-state index is 0.0896. The summed E-state index contributed by atoms with van der Waals surface area (Å²) in [5, 5.41) is 8.96. The molecule has 0 atom stereocenters. The molecule has 7 nitrogen and oxygen atoms in total. The summed E-state index contributed by atoms with van der Waals surface area (Å²) in [4.78, 5) is 20.4. The van der Waals surface area contributed by atoms with E-state index >= 15 is 0 Å². The van der Waals surface area contributed by atoms with E-state index in [4.69, 9.17) is 20.8 Å². The highest BCUT2D eigenvalue weighted by atomic mass is 35.5. The zero-order chi connectivity index (χ0) is 18.5. The number of rotatable bonds is 6. The van der Waals surface area contributed by atoms with Crippen molar-refractivity contribution in [1.82, 2.24) is 20.2 Å². The Morgan fingerprint density at radius 2 is 1.85 bits per heavy atom. The summed E-state index contributed by atoms with van der Waals surface area (Å²) in [7, 11) is 0. The van der Waals surface area contributed by atoms with Gasteiger partial charge < -0.3 is 9.15 Å². The van der Waals surface area contributed by atoms with Gasteiger partial charge >= 0.3 is 5.97 Å². The molecule has 134 valence electrons. The summed E-state index contributed by atoms with van der Waals surface area (Å²) in [6, 6.07) is 8.87. The maximum absolute atomic E-state index is 11.9. The van der Waals surface area contributed by atoms with Crippen molar-refractivity contribution in [3.8, 4) is 11.5 Å². The first-order valence-electron chi connectivity index (χ1n) is 7.68. The van der Waals surface area contributed by atoms with Crippen LogP contribution < -0.4 is 0 Å². The Balaban J connectivity index is 1.51. The first-order valence-corrected chi connectivity index (χ1v) is 9.05. The van der Waals surface area contributed by atoms with E-state index in [-0.39, 0.29) is 18.3 Å². The van der Waals surface area contributed by atoms with Crippen molar-refractivity contribution in [3.63, 3.8) is 0 Å². The maximum Gasteiger partial charge on any atom is 0.316 e. The van der Waals surface area contributed by atoms with Crippen LogP contribution in [0.1, 0.15) is 17.3 Å². The molecule has 0 amide bonds. The molecular formula is C17H15ClN4O3S. The molecule has 0 aliphatic heterocycles. The van der Waals surface area contributed by atoms with Gasteiger partial charge in [-0.15, -0.1) is 10.2 Å². The molecule has 2 heterocycles. The largest absolute Gasteiger partial charge is 0.455 e. The molecule has 0 N–H and O–H groups in total. The highest BCUT2D eigenvalue weighted by molar-refractivity contribution is 7.99. The van der Waals surface area contributed by atoms with Gasteiger partial charge in [0.2, 0.25) is 5.89 Å². The Hall–Kier alpha value is -2.45. The summed E-state index contributed by atoms with van der Waals surface area (Å²) in [6.07, 6.45) is 0. The molecular weight excluding hydrogens is 376 g/mol. The van der Waals surface area contributed by atoms with Gasteiger partial charge in [0.15, 0.2) is 11.8 Å². The average Bonchev–Trinajstić information content (AvgIpc) is 3.07. The molecule has 0 radical (unpaired) electrons. The Bertz CT molecular complexity index is 894. The lowest BCUT2D eigenvalue weighted by atomic mass is 10.2. The Morgan fingerprint density at radius 3 is 2.54 bits per heavy atom. The van der Waals surface area contributed by atoms with E-state index in [1.807, 2.05) is 19.9 Å². The third-order valence-corrected chi connectivity index (χ3v) is 4.27. The number of carbonyl (C=O) groups is 1. The molecule has 0 fully saturated rings. The van der Waals surface area contributed by atoms with E-state index in [9.17, 15) is 4.79 Å². The number of ether oxygens (including phenoxy) is 1. The van der Waals surface area contributed by atoms with Gasteiger partial charge in [0.25, 0.3) is 5.89 Å². The third kappa shape index (κ3) is 5.03. The molecule has 1 aromatic carbocycles. The average molecular weight is 391 g/mol. The number of thioether (sulfide) groups is 1. The lowest BCUT2D eigenvalue weighted by Crippen LogP contribution is -2.08. The quantitative estimate of drug-likeness (QED) is 0.358. The van der Waals surface area contributed by atoms with Crippen LogP contribution in [-0.4, -0.2) is 31.9 Å². The van der Waals surface area contributed by atoms with Gasteiger partial charge in [-0.25, -0.2) is 9.97 Å². The minimum Gasteiger partial charge on any atom is -0.455 e. The normalized spacial score (nSPS) is 10.7. The van der Waals surface area contributed by atoms with Crippen molar-refractivity contribution in [2.75, 3.05) is 5.75 Å². The van der Waals surface area contributed by atoms with Gasteiger partial charge in [0.1, 0.15) is 0 Å². The van der Waals surface area contributed by atoms with Crippen LogP contribution in [0.3, 0.4) is 0 Å². The van der Waals surface area contributed by atoms with Gasteiger partial charge in [-0.1, -0.05) is 23.4 Å². The van der Waals surface area contributed by atoms with Crippen LogP contribution in [-0.2, 0) is 16.1 Å². The number of nitrogens with zero attached hydrogens (tertiary/aromatic N) is 4. The molecule has 0 bridgehead atoms. The first kappa shape index (κ1) is 18.3. The SMILES string of the molecule is Cc1cc(C)nc(SCC(=O)OCc2nnc(-c3ccc(Cl)cc3)o2)n1. The molecule has 26 heavy (non-hydrogen) atoms. The molecule has 0 saturated heterocycles. The number of aryl methyl sites for hydroxylation is 2. The van der Waals surface area contributed by atoms with Crippen molar-refractivity contribution in [2.24, 2.45) is 0 Å². The molecule has 9 heteroatoms. The highest BCUT2D eigenvalue weighted by Crippen LogP contribution is 2.20. The number of carbonyl (C=O) groups excluding carboxylic acids is 1. The van der Waals surface area contributed by atoms with Crippen molar-refractivity contribution in [3.05, 3.63) is 52.6 Å². The van der Waals surface area contributed by atoms with Crippen molar-refractivity contribution < 1.29 is 13.9 Å². The van der Waals surface area contributed by atoms with Crippen molar-refractivity contribution in [2.45, 2.75) is 25.6 Å². The molecule has 0 spiro atoms. The number of aromatic nitrogens is 4. The highest BCUT2D eigenvalue weighted by Gasteiger charge is 2.12. The molecule has 0 aliphatic carbocycles. The van der Waals surface area contributed by atoms with E-state index < -0.39 is 5.97 Å². The standard InChI is InChI=1S/C17H15ClN4O3S/c1-10-7-11(2)20-17(19-10)26-9-15(23)24-8-14-21-22-16(25-14)12-3-5-13(18)6-4-12/h3-7H,8-9H2,1-2H3. The van der Waals surface area contributed by atoms with Gasteiger partial charge in [0, 0.05) is 22.0 Å². The van der Waals surface area contributed by atoms with Gasteiger partial charge in [-0.05, 0) is 44.2 Å². The predicted octanol–water partition coefficient (Wildman–Crippen LogP) is 3.63. The zero-order valence-corrected chi connectivity index (χ0v) is 15.7. The van der Waals surface area contributed by atoms with E-state index in [0.29, 0.717) is 16.1 Å². The Labute approximate surface area is 159 Å². The number of hydrogen-bond donors (Lipinski definition) is 0. The molecule has 3 rings (SSSR count). The third-order valence-electron chi connectivity index (χ3n) is 3.20. The zero-order valence-electron chi connectivity index (χ0n) is 14.1. The number of hydrogen-bond acceptors (Lipinski definition) is 8. The van der Waals surface area contributed by atoms with Crippen LogP contribution in [0.4, 0.5) is 0 Å². The second-order valence-corrected chi connectivity index (χ2v) is 6.77. The number of benzene rings is 1. The van der Waals surface area contributed by atoms with Gasteiger partial charge in [-0.3, -0.25) is 4.79 Å². The van der Waals surface area contributed by atoms with Crippen LogP contribution >= 0.6 is 23.4 Å². The summed E-state index contributed by atoms with van der Waals surface area (Å²) in [6.45, 7) is 3.67. The van der Waals surface area contributed by atoms with Crippen LogP contribution in [0, 0.1) is 13.8 Å². The Kier molecular flexibility index (Phi) is 5.85. The molecule has 3 aromatic rings. The summed E-state index contributed by atoms with van der Waals surface area (Å²) < 4.78 is 10.6. The summed E-state index contributed by atoms with van der Waals surface area (Å²) >= 11 is 7.06. The van der Waals surface area contributed by atoms with E-state index in [1.165, 1.54) is 11.8 Å². The second-order valence-electron chi connectivity index (χ2n) is 5.39. The number of halogens is 1. The fraction of sp³-hybridized carbons (Fsp3) is 0.235. The molecule has 2 aromatic heterocycles. The van der Waals surface area contributed by atoms with Crippen LogP contribution in [0.15, 0.2) is 39.9 Å².